The highest BCUT2D eigenvalue weighted by molar-refractivity contribution is 7.11. The van der Waals surface area contributed by atoms with E-state index in [9.17, 15) is 23.9 Å². The molecule has 2 N–H and O–H groups in total. The van der Waals surface area contributed by atoms with E-state index >= 15 is 0 Å². The average Bonchev–Trinajstić information content (AvgIpc) is 3.62. The fraction of sp³-hybridized carbons (Fsp3) is 0.484. The highest BCUT2D eigenvalue weighted by atomic mass is 32.1. The Bertz CT molecular complexity index is 1570. The number of esters is 1. The minimum Gasteiger partial charge on any atom is -0.481 e. The molecule has 1 amide bonds. The van der Waals surface area contributed by atoms with Gasteiger partial charge in [-0.1, -0.05) is 12.1 Å². The Morgan fingerprint density at radius 2 is 2.02 bits per heavy atom. The fourth-order valence-electron chi connectivity index (χ4n) is 5.94. The molecule has 12 nitrogen and oxygen atoms in total. The molecule has 3 aliphatic rings. The molecule has 0 saturated carbocycles. The summed E-state index contributed by atoms with van der Waals surface area (Å²) in [4.78, 5) is 57.2. The van der Waals surface area contributed by atoms with Gasteiger partial charge in [-0.3, -0.25) is 19.5 Å². The van der Waals surface area contributed by atoms with Crippen molar-refractivity contribution in [1.82, 2.24) is 25.0 Å². The monoisotopic (exact) mass is 639 g/mol. The van der Waals surface area contributed by atoms with E-state index in [1.54, 1.807) is 46.0 Å². The van der Waals surface area contributed by atoms with Gasteiger partial charge in [0.15, 0.2) is 10.8 Å². The van der Waals surface area contributed by atoms with Gasteiger partial charge in [0.1, 0.15) is 11.9 Å². The fourth-order valence-corrected chi connectivity index (χ4v) is 6.53. The summed E-state index contributed by atoms with van der Waals surface area (Å²) in [5.74, 6) is -1.23. The normalized spacial score (nSPS) is 21.5. The van der Waals surface area contributed by atoms with Crippen LogP contribution in [-0.4, -0.2) is 106 Å². The van der Waals surface area contributed by atoms with Gasteiger partial charge < -0.3 is 25.0 Å². The van der Waals surface area contributed by atoms with E-state index in [0.717, 1.165) is 0 Å². The molecule has 2 fully saturated rings. The lowest BCUT2D eigenvalue weighted by molar-refractivity contribution is -0.147. The van der Waals surface area contributed by atoms with Crippen molar-refractivity contribution in [2.75, 3.05) is 45.9 Å². The maximum absolute atomic E-state index is 14.8. The molecule has 5 rings (SSSR count). The first-order valence-corrected chi connectivity index (χ1v) is 15.7. The van der Waals surface area contributed by atoms with Crippen LogP contribution >= 0.6 is 11.3 Å². The zero-order valence-corrected chi connectivity index (χ0v) is 26.9. The van der Waals surface area contributed by atoms with E-state index in [1.807, 2.05) is 10.3 Å². The largest absolute Gasteiger partial charge is 0.481 e. The molecular weight excluding hydrogens is 601 g/mol. The van der Waals surface area contributed by atoms with Crippen LogP contribution in [0.5, 0.6) is 0 Å². The molecule has 14 heteroatoms. The Balaban J connectivity index is 1.48. The third kappa shape index (κ3) is 6.76. The summed E-state index contributed by atoms with van der Waals surface area (Å²) >= 11 is 1.40. The molecule has 2 aromatic rings. The number of aliphatic carboxylic acids is 1. The molecule has 240 valence electrons. The number of nitrogens with zero attached hydrogens (tertiary/aromatic N) is 6. The summed E-state index contributed by atoms with van der Waals surface area (Å²) in [6.45, 7) is 11.0. The Kier molecular flexibility index (Phi) is 9.35. The van der Waals surface area contributed by atoms with Crippen LogP contribution < -0.4 is 5.32 Å². The third-order valence-corrected chi connectivity index (χ3v) is 8.98. The van der Waals surface area contributed by atoms with Crippen molar-refractivity contribution in [3.05, 3.63) is 63.0 Å². The van der Waals surface area contributed by atoms with Crippen molar-refractivity contribution < 1.29 is 28.6 Å². The van der Waals surface area contributed by atoms with Crippen molar-refractivity contribution in [3.63, 3.8) is 0 Å². The van der Waals surface area contributed by atoms with Crippen molar-refractivity contribution >= 4 is 41.0 Å². The van der Waals surface area contributed by atoms with E-state index in [4.69, 9.17) is 9.73 Å². The molecule has 2 atom stereocenters. The second-order valence-corrected chi connectivity index (χ2v) is 12.9. The van der Waals surface area contributed by atoms with Crippen LogP contribution in [0.1, 0.15) is 49.9 Å². The van der Waals surface area contributed by atoms with Gasteiger partial charge in [0.25, 0.3) is 0 Å². The lowest BCUT2D eigenvalue weighted by Crippen LogP contribution is -2.54. The predicted octanol–water partition coefficient (Wildman–Crippen LogP) is 2.81. The number of carboxylic acid groups (broad SMARTS) is 1. The summed E-state index contributed by atoms with van der Waals surface area (Å²) in [6.07, 6.45) is 1.67. The number of rotatable bonds is 9. The summed E-state index contributed by atoms with van der Waals surface area (Å²) in [6, 6.07) is 3.88. The first-order valence-electron chi connectivity index (χ1n) is 14.9. The molecule has 0 bridgehead atoms. The first-order chi connectivity index (χ1) is 21.4. The number of nitrogens with one attached hydrogen (secondary N) is 1. The van der Waals surface area contributed by atoms with Gasteiger partial charge in [-0.05, 0) is 44.9 Å². The van der Waals surface area contributed by atoms with Gasteiger partial charge in [-0.25, -0.2) is 14.2 Å². The minimum atomic E-state index is -1.05. The van der Waals surface area contributed by atoms with Gasteiger partial charge in [0.2, 0.25) is 11.9 Å². The molecule has 2 unspecified atom stereocenters. The number of carbonyl (C=O) groups is 3. The Morgan fingerprint density at radius 1 is 1.24 bits per heavy atom. The lowest BCUT2D eigenvalue weighted by atomic mass is 9.92. The number of benzene rings is 1. The Morgan fingerprint density at radius 3 is 2.69 bits per heavy atom. The molecule has 45 heavy (non-hydrogen) atoms. The molecule has 1 aromatic carbocycles. The zero-order valence-electron chi connectivity index (χ0n) is 26.0. The maximum atomic E-state index is 14.8. The van der Waals surface area contributed by atoms with Crippen molar-refractivity contribution in [2.45, 2.75) is 46.7 Å². The number of halogens is 1. The number of aliphatic imine (C=N–C) groups is 2. The summed E-state index contributed by atoms with van der Waals surface area (Å²) in [5, 5.41) is 15.6. The SMILES string of the molecule is CCOC(=O)C1=C(CN2CCN3/C(=N\C(C)=O)N(CC(C)(C)C(=O)O)CC3C2)NC(c2nccs2)=NC1c1cccc(F)c1C. The number of ether oxygens (including phenoxy) is 1. The number of guanidine groups is 1. The topological polar surface area (TPSA) is 140 Å². The van der Waals surface area contributed by atoms with E-state index in [2.05, 4.69) is 25.1 Å². The smallest absolute Gasteiger partial charge is 0.338 e. The zero-order chi connectivity index (χ0) is 32.5. The number of aromatic nitrogens is 1. The molecule has 0 radical (unpaired) electrons. The number of carbonyl (C=O) groups excluding carboxylic acids is 2. The second-order valence-electron chi connectivity index (χ2n) is 12.0. The van der Waals surface area contributed by atoms with Crippen LogP contribution in [0.3, 0.4) is 0 Å². The summed E-state index contributed by atoms with van der Waals surface area (Å²) in [5.41, 5.74) is 0.813. The quantitative estimate of drug-likeness (QED) is 0.394. The standard InChI is InChI=1S/C31H38FN7O5S/c1-6-44-28(41)24-23(35-26(27-33-10-13-45-27)36-25(24)21-8-7-9-22(32)18(21)2)16-37-11-12-39-20(14-37)15-38(30(39)34-19(3)40)17-31(4,5)29(42)43/h7-10,13,20,25H,6,11-12,14-17H2,1-5H3,(H,35,36)(H,42,43)/b34-30-. The third-order valence-electron chi connectivity index (χ3n) is 8.20. The minimum absolute atomic E-state index is 0.0648. The highest BCUT2D eigenvalue weighted by Gasteiger charge is 2.43. The van der Waals surface area contributed by atoms with Gasteiger partial charge in [0, 0.05) is 63.5 Å². The van der Waals surface area contributed by atoms with Crippen LogP contribution in [-0.2, 0) is 19.1 Å². The molecule has 1 aromatic heterocycles. The molecule has 3 aliphatic heterocycles. The molecule has 0 aliphatic carbocycles. The molecular formula is C31H38FN7O5S. The molecule has 0 spiro atoms. The van der Waals surface area contributed by atoms with E-state index < -0.39 is 29.2 Å². The Labute approximate surface area is 265 Å². The second kappa shape index (κ2) is 13.1. The number of piperazine rings is 1. The molecule has 4 heterocycles. The van der Waals surface area contributed by atoms with Crippen molar-refractivity contribution in [1.29, 1.82) is 0 Å². The van der Waals surface area contributed by atoms with E-state index in [0.29, 0.717) is 71.9 Å². The van der Waals surface area contributed by atoms with E-state index in [1.165, 1.54) is 24.3 Å². The van der Waals surface area contributed by atoms with Gasteiger partial charge in [0.05, 0.1) is 23.6 Å². The number of hydrogen-bond acceptors (Lipinski definition) is 9. The highest BCUT2D eigenvalue weighted by Crippen LogP contribution is 2.36. The van der Waals surface area contributed by atoms with Crippen molar-refractivity contribution in [2.24, 2.45) is 15.4 Å². The van der Waals surface area contributed by atoms with Crippen molar-refractivity contribution in [3.8, 4) is 0 Å². The lowest BCUT2D eigenvalue weighted by Gasteiger charge is -2.39. The first kappa shape index (κ1) is 32.2. The van der Waals surface area contributed by atoms with E-state index in [-0.39, 0.29) is 25.1 Å². The van der Waals surface area contributed by atoms with Crippen LogP contribution in [0.2, 0.25) is 0 Å². The van der Waals surface area contributed by atoms with Crippen LogP contribution in [0, 0.1) is 18.2 Å². The number of fused-ring (bicyclic) bond motifs is 1. The van der Waals surface area contributed by atoms with Crippen LogP contribution in [0.15, 0.2) is 51.0 Å². The number of thiazole rings is 1. The van der Waals surface area contributed by atoms with Crippen LogP contribution in [0.4, 0.5) is 4.39 Å². The number of carboxylic acids is 1. The summed E-state index contributed by atoms with van der Waals surface area (Å²) in [7, 11) is 0. The number of amidine groups is 1. The average molecular weight is 640 g/mol. The van der Waals surface area contributed by atoms with Gasteiger partial charge >= 0.3 is 11.9 Å². The number of amides is 1. The Hall–Kier alpha value is -4.17. The van der Waals surface area contributed by atoms with Gasteiger partial charge in [-0.15, -0.1) is 11.3 Å². The number of hydrogen-bond donors (Lipinski definition) is 2. The van der Waals surface area contributed by atoms with Crippen LogP contribution in [0.25, 0.3) is 0 Å². The van der Waals surface area contributed by atoms with Gasteiger partial charge in [-0.2, -0.15) is 4.99 Å². The summed E-state index contributed by atoms with van der Waals surface area (Å²) < 4.78 is 20.3. The molecule has 2 saturated heterocycles. The maximum Gasteiger partial charge on any atom is 0.338 e. The predicted molar refractivity (Wildman–Crippen MR) is 167 cm³/mol.